The minimum absolute atomic E-state index is 0.0483. The maximum absolute atomic E-state index is 12.6. The quantitative estimate of drug-likeness (QED) is 0.0456. The summed E-state index contributed by atoms with van der Waals surface area (Å²) in [5.74, 6) is -0.906. The van der Waals surface area contributed by atoms with Gasteiger partial charge in [0, 0.05) is 37.5 Å². The summed E-state index contributed by atoms with van der Waals surface area (Å²) < 4.78 is 43.5. The number of amides is 4. The van der Waals surface area contributed by atoms with E-state index in [0.717, 1.165) is 4.90 Å². The fourth-order valence-electron chi connectivity index (χ4n) is 6.65. The summed E-state index contributed by atoms with van der Waals surface area (Å²) in [5, 5.41) is 37.5. The molecule has 306 valence electrons. The summed E-state index contributed by atoms with van der Waals surface area (Å²) >= 11 is 0. The molecule has 0 saturated carbocycles. The first-order valence-corrected chi connectivity index (χ1v) is 19.2. The van der Waals surface area contributed by atoms with Gasteiger partial charge in [-0.2, -0.15) is 10.1 Å². The van der Waals surface area contributed by atoms with Gasteiger partial charge in [0.25, 0.3) is 0 Å². The van der Waals surface area contributed by atoms with Crippen molar-refractivity contribution in [1.82, 2.24) is 20.6 Å². The molecule has 0 spiro atoms. The normalized spacial score (nSPS) is 27.5. The number of amidine groups is 1. The zero-order chi connectivity index (χ0) is 39.2. The predicted molar refractivity (Wildman–Crippen MR) is 188 cm³/mol. The SMILES string of the molecule is CC1(C)CC(C(=O)NCCOCCOCCOCCOCCC(=O)NCCCC2CN([C@@H]3O[C@H](CO)C(O[PH](=O)O)[C@@H]3O)C(=O)N=C2N)C(C)(C)N1O. The van der Waals surface area contributed by atoms with Crippen LogP contribution in [0.1, 0.15) is 53.4 Å². The maximum Gasteiger partial charge on any atom is 0.347 e. The van der Waals surface area contributed by atoms with Crippen LogP contribution in [0.2, 0.25) is 0 Å². The van der Waals surface area contributed by atoms with Crippen LogP contribution in [0, 0.1) is 11.8 Å². The lowest BCUT2D eigenvalue weighted by Crippen LogP contribution is -2.53. The van der Waals surface area contributed by atoms with Crippen molar-refractivity contribution in [2.24, 2.45) is 22.6 Å². The van der Waals surface area contributed by atoms with Gasteiger partial charge in [-0.05, 0) is 47.0 Å². The van der Waals surface area contributed by atoms with Crippen LogP contribution in [-0.2, 0) is 42.4 Å². The second kappa shape index (κ2) is 21.7. The number of ether oxygens (including phenoxy) is 5. The Morgan fingerprint density at radius 2 is 1.60 bits per heavy atom. The van der Waals surface area contributed by atoms with Crippen LogP contribution >= 0.6 is 8.25 Å². The molecule has 20 nitrogen and oxygen atoms in total. The number of hydrogen-bond donors (Lipinski definition) is 7. The molecule has 4 unspecified atom stereocenters. The number of urea groups is 1. The minimum Gasteiger partial charge on any atom is -0.394 e. The number of nitrogens with two attached hydrogens (primary N) is 1. The number of nitrogens with one attached hydrogen (secondary N) is 2. The van der Waals surface area contributed by atoms with E-state index in [1.807, 2.05) is 27.7 Å². The molecule has 0 aliphatic carbocycles. The van der Waals surface area contributed by atoms with Crippen molar-refractivity contribution >= 4 is 31.9 Å². The van der Waals surface area contributed by atoms with E-state index in [9.17, 15) is 34.4 Å². The Balaban J connectivity index is 1.14. The zero-order valence-electron chi connectivity index (χ0n) is 31.1. The smallest absolute Gasteiger partial charge is 0.347 e. The Morgan fingerprint density at radius 3 is 2.17 bits per heavy atom. The molecule has 3 heterocycles. The number of hydrogen-bond acceptors (Lipinski definition) is 15. The van der Waals surface area contributed by atoms with E-state index in [4.69, 9.17) is 38.8 Å². The van der Waals surface area contributed by atoms with E-state index in [1.165, 1.54) is 5.06 Å². The molecule has 3 rings (SSSR count). The Morgan fingerprint density at radius 1 is 1.00 bits per heavy atom. The van der Waals surface area contributed by atoms with Crippen LogP contribution in [0.3, 0.4) is 0 Å². The zero-order valence-corrected chi connectivity index (χ0v) is 32.1. The van der Waals surface area contributed by atoms with E-state index in [1.54, 1.807) is 0 Å². The molecule has 3 aliphatic rings. The number of nitrogens with zero attached hydrogens (tertiary/aromatic N) is 3. The average molecular weight is 783 g/mol. The molecule has 53 heavy (non-hydrogen) atoms. The van der Waals surface area contributed by atoms with Crippen LogP contribution < -0.4 is 16.4 Å². The van der Waals surface area contributed by atoms with Crippen molar-refractivity contribution in [3.8, 4) is 0 Å². The van der Waals surface area contributed by atoms with Crippen molar-refractivity contribution in [3.63, 3.8) is 0 Å². The van der Waals surface area contributed by atoms with Gasteiger partial charge >= 0.3 is 14.3 Å². The van der Waals surface area contributed by atoms with Crippen molar-refractivity contribution < 1.29 is 67.5 Å². The Hall–Kier alpha value is -2.33. The lowest BCUT2D eigenvalue weighted by molar-refractivity contribution is -0.197. The second-order valence-electron chi connectivity index (χ2n) is 14.3. The van der Waals surface area contributed by atoms with Crippen molar-refractivity contribution in [2.75, 3.05) is 79.1 Å². The molecule has 3 aliphatic heterocycles. The highest BCUT2D eigenvalue weighted by molar-refractivity contribution is 7.32. The van der Waals surface area contributed by atoms with Crippen LogP contribution in [0.25, 0.3) is 0 Å². The van der Waals surface area contributed by atoms with Gasteiger partial charge in [-0.1, -0.05) is 0 Å². The summed E-state index contributed by atoms with van der Waals surface area (Å²) in [5.41, 5.74) is 4.86. The van der Waals surface area contributed by atoms with Gasteiger partial charge < -0.3 is 64.9 Å². The van der Waals surface area contributed by atoms with E-state index < -0.39 is 62.4 Å². The fraction of sp³-hybridized carbons (Fsp3) is 0.875. The molecule has 0 aromatic carbocycles. The first kappa shape index (κ1) is 45.1. The highest BCUT2D eigenvalue weighted by atomic mass is 31.1. The van der Waals surface area contributed by atoms with Gasteiger partial charge in [0.05, 0.1) is 70.9 Å². The summed E-state index contributed by atoms with van der Waals surface area (Å²) in [6.45, 7) is 10.4. The number of carbonyl (C=O) groups is 3. The number of aliphatic hydroxyl groups excluding tert-OH is 2. The highest BCUT2D eigenvalue weighted by Crippen LogP contribution is 2.43. The third-order valence-corrected chi connectivity index (χ3v) is 9.99. The Bertz CT molecular complexity index is 1250. The van der Waals surface area contributed by atoms with E-state index >= 15 is 0 Å². The molecule has 0 radical (unpaired) electrons. The molecular weight excluding hydrogens is 723 g/mol. The molecule has 7 atom stereocenters. The fourth-order valence-corrected chi connectivity index (χ4v) is 7.17. The molecule has 21 heteroatoms. The molecule has 0 aromatic rings. The number of hydroxylamine groups is 2. The van der Waals surface area contributed by atoms with Gasteiger partial charge in [0.1, 0.15) is 24.1 Å². The molecule has 0 aromatic heterocycles. The summed E-state index contributed by atoms with van der Waals surface area (Å²) in [4.78, 5) is 51.5. The lowest BCUT2D eigenvalue weighted by atomic mass is 9.86. The van der Waals surface area contributed by atoms with Gasteiger partial charge in [-0.15, -0.1) is 0 Å². The van der Waals surface area contributed by atoms with E-state index in [2.05, 4.69) is 15.6 Å². The number of carbonyl (C=O) groups excluding carboxylic acids is 3. The van der Waals surface area contributed by atoms with E-state index in [0.29, 0.717) is 78.6 Å². The summed E-state index contributed by atoms with van der Waals surface area (Å²) in [7, 11) is -3.44. The molecule has 8 N–H and O–H groups in total. The van der Waals surface area contributed by atoms with Crippen LogP contribution in [0.5, 0.6) is 0 Å². The number of aliphatic imine (C=N–C) groups is 1. The third-order valence-electron chi connectivity index (χ3n) is 9.52. The number of rotatable bonds is 24. The molecular formula is C32H59N6O14P. The summed E-state index contributed by atoms with van der Waals surface area (Å²) in [6, 6.07) is -0.753. The van der Waals surface area contributed by atoms with Crippen molar-refractivity contribution in [2.45, 2.75) is 89.0 Å². The molecule has 0 bridgehead atoms. The summed E-state index contributed by atoms with van der Waals surface area (Å²) in [6.07, 6.45) is -3.47. The van der Waals surface area contributed by atoms with E-state index in [-0.39, 0.29) is 43.1 Å². The van der Waals surface area contributed by atoms with Gasteiger partial charge in [-0.3, -0.25) is 19.1 Å². The average Bonchev–Trinajstić information content (AvgIpc) is 3.49. The van der Waals surface area contributed by atoms with Crippen LogP contribution in [-0.4, -0.2) is 169 Å². The molecule has 2 saturated heterocycles. The Labute approximate surface area is 310 Å². The first-order valence-electron chi connectivity index (χ1n) is 17.9. The predicted octanol–water partition coefficient (Wildman–Crippen LogP) is -1.02. The first-order chi connectivity index (χ1) is 25.1. The third kappa shape index (κ3) is 13.4. The molecule has 2 fully saturated rings. The van der Waals surface area contributed by atoms with Gasteiger partial charge in [0.15, 0.2) is 6.23 Å². The topological polar surface area (TPSA) is 274 Å². The van der Waals surface area contributed by atoms with Crippen molar-refractivity contribution in [3.05, 3.63) is 0 Å². The second-order valence-corrected chi connectivity index (χ2v) is 15.0. The van der Waals surface area contributed by atoms with Gasteiger partial charge in [-0.25, -0.2) is 4.79 Å². The molecule has 4 amide bonds. The highest BCUT2D eigenvalue weighted by Gasteiger charge is 2.54. The Kier molecular flexibility index (Phi) is 18.4. The standard InChI is InChI=1S/C32H59N6O14P/c1-31(2)18-22(32(3,4)38(31)44)28(42)35-9-11-48-13-15-50-17-16-49-14-12-47-10-7-24(40)34-8-5-6-21-19-37(30(43)36-27(21)33)29-25(41)26(52-53(45)46)23(20-39)51-29/h21-23,25-26,29,39,41,44,53H,5-20H2,1-4H3,(H,34,40)(H,35,42)(H,45,46)(H2,33,36,43)/t21?,22?,23-,25+,26?,29-/m1/s1. The maximum atomic E-state index is 12.6. The number of aliphatic hydroxyl groups is 2. The van der Waals surface area contributed by atoms with Crippen LogP contribution in [0.15, 0.2) is 4.99 Å². The van der Waals surface area contributed by atoms with Gasteiger partial charge in [0.2, 0.25) is 11.8 Å². The monoisotopic (exact) mass is 782 g/mol. The van der Waals surface area contributed by atoms with Crippen LogP contribution in [0.4, 0.5) is 4.79 Å². The lowest BCUT2D eigenvalue weighted by Gasteiger charge is -2.35. The largest absolute Gasteiger partial charge is 0.394 e. The minimum atomic E-state index is -3.44. The van der Waals surface area contributed by atoms with Crippen molar-refractivity contribution in [1.29, 1.82) is 0 Å².